The zero-order chi connectivity index (χ0) is 25.2. The maximum atomic E-state index is 7.61. The molecule has 2 aliphatic rings. The van der Waals surface area contributed by atoms with Crippen LogP contribution < -0.4 is 21.3 Å². The van der Waals surface area contributed by atoms with Gasteiger partial charge in [-0.05, 0) is 42.0 Å². The number of imidazole rings is 1. The summed E-state index contributed by atoms with van der Waals surface area (Å²) in [4.78, 5) is 13.2. The van der Waals surface area contributed by atoms with Crippen LogP contribution in [0.2, 0.25) is 0 Å². The number of aromatic nitrogens is 2. The van der Waals surface area contributed by atoms with Gasteiger partial charge in [0.25, 0.3) is 0 Å². The lowest BCUT2D eigenvalue weighted by molar-refractivity contribution is 0.380. The van der Waals surface area contributed by atoms with Gasteiger partial charge in [0.15, 0.2) is 11.9 Å². The molecule has 0 atom stereocenters. The average molecular weight is 487 g/mol. The van der Waals surface area contributed by atoms with E-state index in [4.69, 9.17) is 27.3 Å². The van der Waals surface area contributed by atoms with Crippen molar-refractivity contribution in [3.8, 4) is 22.6 Å². The van der Waals surface area contributed by atoms with Crippen LogP contribution in [-0.2, 0) is 7.05 Å². The van der Waals surface area contributed by atoms with E-state index in [9.17, 15) is 0 Å². The molecule has 1 aromatic heterocycles. The number of nitrogens with one attached hydrogen (secondary N) is 2. The molecule has 3 aromatic rings. The van der Waals surface area contributed by atoms with Crippen LogP contribution in [-0.4, -0.2) is 83.6 Å². The molecule has 3 heterocycles. The predicted octanol–water partition coefficient (Wildman–Crippen LogP) is 1.79. The molecule has 2 fully saturated rings. The van der Waals surface area contributed by atoms with Gasteiger partial charge in [0.2, 0.25) is 0 Å². The van der Waals surface area contributed by atoms with Crippen LogP contribution in [0.1, 0.15) is 0 Å². The molecule has 2 aromatic carbocycles. The fraction of sp³-hybridized carbons (Fsp3) is 0.346. The normalized spacial score (nSPS) is 16.4. The fourth-order valence-electron chi connectivity index (χ4n) is 5.02. The van der Waals surface area contributed by atoms with Gasteiger partial charge in [0, 0.05) is 76.3 Å². The maximum absolute atomic E-state index is 7.61. The van der Waals surface area contributed by atoms with Gasteiger partial charge < -0.3 is 35.6 Å². The second-order valence-electron chi connectivity index (χ2n) is 9.34. The summed E-state index contributed by atoms with van der Waals surface area (Å²) >= 11 is 0. The van der Waals surface area contributed by atoms with Crippen LogP contribution in [0.3, 0.4) is 0 Å². The summed E-state index contributed by atoms with van der Waals surface area (Å²) in [5.41, 5.74) is 16.9. The topological polar surface area (TPSA) is 131 Å². The third kappa shape index (κ3) is 4.66. The van der Waals surface area contributed by atoms with Gasteiger partial charge in [-0.1, -0.05) is 12.1 Å². The first-order valence-corrected chi connectivity index (χ1v) is 12.3. The molecule has 10 nitrogen and oxygen atoms in total. The number of nitrogens with zero attached hydrogens (tertiary/aromatic N) is 6. The molecule has 0 spiro atoms. The molecule has 5 rings (SSSR count). The Labute approximate surface area is 211 Å². The Morgan fingerprint density at radius 1 is 0.667 bits per heavy atom. The minimum absolute atomic E-state index is 0.151. The number of nitrogens with two attached hydrogens (primary N) is 2. The van der Waals surface area contributed by atoms with Crippen LogP contribution in [0.5, 0.6) is 0 Å². The molecule has 0 saturated carbocycles. The van der Waals surface area contributed by atoms with Crippen LogP contribution in [0.15, 0.2) is 54.7 Å². The van der Waals surface area contributed by atoms with E-state index in [0.717, 1.165) is 75.0 Å². The van der Waals surface area contributed by atoms with Crippen molar-refractivity contribution in [1.82, 2.24) is 19.4 Å². The van der Waals surface area contributed by atoms with Crippen molar-refractivity contribution in [1.29, 1.82) is 10.8 Å². The third-order valence-electron chi connectivity index (χ3n) is 7.25. The molecule has 2 saturated heterocycles. The van der Waals surface area contributed by atoms with Gasteiger partial charge in [0.1, 0.15) is 5.82 Å². The summed E-state index contributed by atoms with van der Waals surface area (Å²) in [7, 11) is 2.06. The lowest BCUT2D eigenvalue weighted by Gasteiger charge is -2.36. The minimum Gasteiger partial charge on any atom is -0.370 e. The monoisotopic (exact) mass is 486 g/mol. The number of guanidine groups is 2. The highest BCUT2D eigenvalue weighted by Crippen LogP contribution is 2.29. The van der Waals surface area contributed by atoms with Gasteiger partial charge in [-0.25, -0.2) is 4.98 Å². The largest absolute Gasteiger partial charge is 0.370 e. The molecule has 6 N–H and O–H groups in total. The van der Waals surface area contributed by atoms with E-state index in [1.165, 1.54) is 11.4 Å². The highest BCUT2D eigenvalue weighted by atomic mass is 15.3. The first-order chi connectivity index (χ1) is 17.4. The summed E-state index contributed by atoms with van der Waals surface area (Å²) in [5, 5.41) is 15.2. The van der Waals surface area contributed by atoms with Gasteiger partial charge in [0.05, 0.1) is 11.9 Å². The molecule has 0 unspecified atom stereocenters. The summed E-state index contributed by atoms with van der Waals surface area (Å²) < 4.78 is 2.14. The standard InChI is InChI=1S/C26H34N10/c1-32-23(19-2-6-21(7-3-19)33-10-14-35(15-11-33)25(27)28)18-31-24(32)20-4-8-22(9-5-20)34-12-16-36(17-13-34)26(29)30/h2-9,18H,10-17H2,1H3,(H3,27,28)(H3,29,30). The first-order valence-electron chi connectivity index (χ1n) is 12.3. The molecule has 2 aliphatic heterocycles. The van der Waals surface area contributed by atoms with E-state index in [-0.39, 0.29) is 11.9 Å². The number of piperazine rings is 2. The van der Waals surface area contributed by atoms with Crippen molar-refractivity contribution < 1.29 is 0 Å². The average Bonchev–Trinajstić information content (AvgIpc) is 3.30. The molecule has 188 valence electrons. The summed E-state index contributed by atoms with van der Waals surface area (Å²) in [6, 6.07) is 17.2. The number of benzene rings is 2. The van der Waals surface area contributed by atoms with Gasteiger partial charge in [-0.3, -0.25) is 10.8 Å². The second-order valence-corrected chi connectivity index (χ2v) is 9.34. The summed E-state index contributed by atoms with van der Waals surface area (Å²) in [6.07, 6.45) is 1.94. The van der Waals surface area contributed by atoms with Crippen molar-refractivity contribution in [3.05, 3.63) is 54.7 Å². The Hall–Kier alpha value is -4.21. The quantitative estimate of drug-likeness (QED) is 0.327. The smallest absolute Gasteiger partial charge is 0.188 e. The summed E-state index contributed by atoms with van der Waals surface area (Å²) in [5.74, 6) is 1.24. The Balaban J connectivity index is 1.26. The van der Waals surface area contributed by atoms with Gasteiger partial charge in [-0.15, -0.1) is 0 Å². The maximum Gasteiger partial charge on any atom is 0.188 e. The predicted molar refractivity (Wildman–Crippen MR) is 145 cm³/mol. The molecule has 0 aliphatic carbocycles. The Morgan fingerprint density at radius 2 is 1.08 bits per heavy atom. The zero-order valence-electron chi connectivity index (χ0n) is 20.7. The first kappa shape index (κ1) is 23.5. The van der Waals surface area contributed by atoms with Crippen LogP contribution in [0.25, 0.3) is 22.6 Å². The Bertz CT molecular complexity index is 1120. The van der Waals surface area contributed by atoms with Gasteiger partial charge in [-0.2, -0.15) is 0 Å². The van der Waals surface area contributed by atoms with Crippen molar-refractivity contribution in [2.45, 2.75) is 0 Å². The molecule has 0 bridgehead atoms. The van der Waals surface area contributed by atoms with Crippen LogP contribution in [0, 0.1) is 10.8 Å². The van der Waals surface area contributed by atoms with Crippen LogP contribution >= 0.6 is 0 Å². The molecule has 0 radical (unpaired) electrons. The van der Waals surface area contributed by atoms with Crippen molar-refractivity contribution in [3.63, 3.8) is 0 Å². The van der Waals surface area contributed by atoms with E-state index >= 15 is 0 Å². The van der Waals surface area contributed by atoms with Gasteiger partial charge >= 0.3 is 0 Å². The van der Waals surface area contributed by atoms with Crippen LogP contribution in [0.4, 0.5) is 11.4 Å². The Kier molecular flexibility index (Phi) is 6.41. The molecule has 36 heavy (non-hydrogen) atoms. The highest BCUT2D eigenvalue weighted by Gasteiger charge is 2.20. The second kappa shape index (κ2) is 9.80. The molecule has 10 heteroatoms. The Morgan fingerprint density at radius 3 is 1.50 bits per heavy atom. The molecular weight excluding hydrogens is 452 g/mol. The fourth-order valence-corrected chi connectivity index (χ4v) is 5.02. The van der Waals surface area contributed by atoms with E-state index in [1.807, 2.05) is 16.0 Å². The lowest BCUT2D eigenvalue weighted by Crippen LogP contribution is -2.50. The molecule has 0 amide bonds. The van der Waals surface area contributed by atoms with E-state index in [1.54, 1.807) is 0 Å². The SMILES string of the molecule is Cn1c(-c2ccc(N3CCN(C(=N)N)CC3)cc2)cnc1-c1ccc(N2CCN(C(=N)N)CC2)cc1. The van der Waals surface area contributed by atoms with E-state index in [0.29, 0.717) is 0 Å². The van der Waals surface area contributed by atoms with Crippen molar-refractivity contribution in [2.24, 2.45) is 18.5 Å². The third-order valence-corrected chi connectivity index (χ3v) is 7.25. The highest BCUT2D eigenvalue weighted by molar-refractivity contribution is 5.75. The van der Waals surface area contributed by atoms with E-state index in [2.05, 4.69) is 69.9 Å². The number of anilines is 2. The van der Waals surface area contributed by atoms with Crippen molar-refractivity contribution >= 4 is 23.3 Å². The lowest BCUT2D eigenvalue weighted by atomic mass is 10.1. The number of hydrogen-bond donors (Lipinski definition) is 4. The van der Waals surface area contributed by atoms with Crippen molar-refractivity contribution in [2.75, 3.05) is 62.2 Å². The number of rotatable bonds is 4. The minimum atomic E-state index is 0.151. The summed E-state index contributed by atoms with van der Waals surface area (Å²) in [6.45, 7) is 6.52. The van der Waals surface area contributed by atoms with E-state index < -0.39 is 0 Å². The molecular formula is C26H34N10. The zero-order valence-corrected chi connectivity index (χ0v) is 20.7. The number of hydrogen-bond acceptors (Lipinski definition) is 5.